The summed E-state index contributed by atoms with van der Waals surface area (Å²) < 4.78 is 1.66. The van der Waals surface area contributed by atoms with E-state index in [9.17, 15) is 9.59 Å². The third kappa shape index (κ3) is 6.64. The van der Waals surface area contributed by atoms with E-state index < -0.39 is 11.8 Å². The minimum absolute atomic E-state index is 0.0113. The Morgan fingerprint density at radius 1 is 0.774 bits per heavy atom. The average molecular weight is 542 g/mol. The molecule has 0 atom stereocenters. The molecule has 0 aliphatic heterocycles. The van der Waals surface area contributed by atoms with Gasteiger partial charge in [-0.25, -0.2) is 0 Å². The number of halogens is 2. The van der Waals surface area contributed by atoms with Gasteiger partial charge in [-0.3, -0.25) is 9.59 Å². The predicted molar refractivity (Wildman–Crippen MR) is 134 cm³/mol. The van der Waals surface area contributed by atoms with Crippen molar-refractivity contribution in [1.29, 1.82) is 0 Å². The molecule has 6 heteroatoms. The quantitative estimate of drug-likeness (QED) is 0.200. The highest BCUT2D eigenvalue weighted by atomic mass is 79.9. The molecule has 0 saturated heterocycles. The normalized spacial score (nSPS) is 10.5. The number of amides is 2. The number of benzene rings is 3. The van der Waals surface area contributed by atoms with Crippen molar-refractivity contribution in [1.82, 2.24) is 0 Å². The maximum absolute atomic E-state index is 13.0. The van der Waals surface area contributed by atoms with Crippen molar-refractivity contribution < 1.29 is 9.59 Å². The number of hydrogen-bond donors (Lipinski definition) is 2. The lowest BCUT2D eigenvalue weighted by molar-refractivity contribution is -0.118. The molecule has 0 spiro atoms. The summed E-state index contributed by atoms with van der Waals surface area (Å²) in [6.45, 7) is 4.24. The summed E-state index contributed by atoms with van der Waals surface area (Å²) in [5, 5.41) is 5.61. The fourth-order valence-electron chi connectivity index (χ4n) is 2.91. The van der Waals surface area contributed by atoms with Crippen LogP contribution in [0.1, 0.15) is 30.9 Å². The van der Waals surface area contributed by atoms with Crippen LogP contribution >= 0.6 is 31.9 Å². The highest BCUT2D eigenvalue weighted by molar-refractivity contribution is 9.10. The molecule has 0 radical (unpaired) electrons. The number of rotatable bonds is 6. The molecular weight excluding hydrogens is 520 g/mol. The maximum Gasteiger partial charge on any atom is 0.261 e. The van der Waals surface area contributed by atoms with E-state index in [1.165, 1.54) is 5.56 Å². The molecule has 0 unspecified atom stereocenters. The van der Waals surface area contributed by atoms with Gasteiger partial charge in [0.25, 0.3) is 11.8 Å². The van der Waals surface area contributed by atoms with Gasteiger partial charge >= 0.3 is 0 Å². The molecule has 3 aromatic carbocycles. The van der Waals surface area contributed by atoms with Crippen molar-refractivity contribution in [2.24, 2.45) is 0 Å². The van der Waals surface area contributed by atoms with Crippen LogP contribution in [0, 0.1) is 0 Å². The SMILES string of the molecule is CC(C)c1ccc(C=C(C(=O)Nc2cccc(Br)c2)C(=O)Nc2cccc(Br)c2)cc1. The minimum Gasteiger partial charge on any atom is -0.322 e. The van der Waals surface area contributed by atoms with Crippen molar-refractivity contribution in [3.63, 3.8) is 0 Å². The van der Waals surface area contributed by atoms with E-state index in [0.717, 1.165) is 14.5 Å². The molecule has 3 aromatic rings. The zero-order chi connectivity index (χ0) is 22.4. The Morgan fingerprint density at radius 3 is 1.68 bits per heavy atom. The van der Waals surface area contributed by atoms with E-state index in [4.69, 9.17) is 0 Å². The molecule has 0 fully saturated rings. The monoisotopic (exact) mass is 540 g/mol. The van der Waals surface area contributed by atoms with Crippen LogP contribution in [0.5, 0.6) is 0 Å². The van der Waals surface area contributed by atoms with E-state index in [1.807, 2.05) is 48.5 Å². The van der Waals surface area contributed by atoms with Crippen LogP contribution in [0.3, 0.4) is 0 Å². The second kappa shape index (κ2) is 10.6. The highest BCUT2D eigenvalue weighted by Crippen LogP contribution is 2.21. The Bertz CT molecular complexity index is 1060. The third-order valence-corrected chi connectivity index (χ3v) is 5.55. The van der Waals surface area contributed by atoms with E-state index >= 15 is 0 Å². The largest absolute Gasteiger partial charge is 0.322 e. The van der Waals surface area contributed by atoms with Crippen LogP contribution in [-0.4, -0.2) is 11.8 Å². The number of anilines is 2. The predicted octanol–water partition coefficient (Wildman–Crippen LogP) is 7.00. The van der Waals surface area contributed by atoms with Crippen molar-refractivity contribution >= 4 is 61.1 Å². The Morgan fingerprint density at radius 2 is 1.26 bits per heavy atom. The van der Waals surface area contributed by atoms with Crippen molar-refractivity contribution in [3.05, 3.63) is 98.4 Å². The number of carbonyl (C=O) groups excluding carboxylic acids is 2. The summed E-state index contributed by atoms with van der Waals surface area (Å²) in [4.78, 5) is 26.1. The molecule has 4 nitrogen and oxygen atoms in total. The number of nitrogens with one attached hydrogen (secondary N) is 2. The third-order valence-electron chi connectivity index (χ3n) is 4.57. The molecule has 0 aliphatic rings. The van der Waals surface area contributed by atoms with Crippen molar-refractivity contribution in [3.8, 4) is 0 Å². The van der Waals surface area contributed by atoms with Crippen LogP contribution in [0.4, 0.5) is 11.4 Å². The summed E-state index contributed by atoms with van der Waals surface area (Å²) in [5.41, 5.74) is 3.16. The first-order valence-electron chi connectivity index (χ1n) is 9.77. The van der Waals surface area contributed by atoms with Crippen LogP contribution in [-0.2, 0) is 9.59 Å². The zero-order valence-electron chi connectivity index (χ0n) is 17.2. The Hall–Kier alpha value is -2.70. The van der Waals surface area contributed by atoms with Gasteiger partial charge in [-0.1, -0.05) is 82.1 Å². The molecule has 158 valence electrons. The summed E-state index contributed by atoms with van der Waals surface area (Å²) in [7, 11) is 0. The summed E-state index contributed by atoms with van der Waals surface area (Å²) in [6, 6.07) is 22.3. The minimum atomic E-state index is -0.487. The molecule has 31 heavy (non-hydrogen) atoms. The lowest BCUT2D eigenvalue weighted by Crippen LogP contribution is -2.25. The van der Waals surface area contributed by atoms with Gasteiger partial charge in [0.05, 0.1) is 0 Å². The molecule has 0 aromatic heterocycles. The molecule has 0 aliphatic carbocycles. The Balaban J connectivity index is 1.91. The fourth-order valence-corrected chi connectivity index (χ4v) is 3.71. The molecule has 0 heterocycles. The summed E-state index contributed by atoms with van der Waals surface area (Å²) in [5.74, 6) is -0.575. The summed E-state index contributed by atoms with van der Waals surface area (Å²) >= 11 is 6.78. The molecule has 2 N–H and O–H groups in total. The molecule has 2 amide bonds. The first-order chi connectivity index (χ1) is 14.8. The van der Waals surface area contributed by atoms with Gasteiger partial charge in [0.15, 0.2) is 0 Å². The molecule has 3 rings (SSSR count). The van der Waals surface area contributed by atoms with Gasteiger partial charge in [0.1, 0.15) is 5.57 Å². The van der Waals surface area contributed by atoms with Gasteiger partial charge in [0.2, 0.25) is 0 Å². The zero-order valence-corrected chi connectivity index (χ0v) is 20.3. The van der Waals surface area contributed by atoms with E-state index in [1.54, 1.807) is 30.3 Å². The molecule has 0 saturated carbocycles. The van der Waals surface area contributed by atoms with Crippen LogP contribution in [0.2, 0.25) is 0 Å². The van der Waals surface area contributed by atoms with Gasteiger partial charge in [0, 0.05) is 20.3 Å². The first-order valence-corrected chi connectivity index (χ1v) is 11.4. The van der Waals surface area contributed by atoms with Crippen LogP contribution in [0.25, 0.3) is 6.08 Å². The lowest BCUT2D eigenvalue weighted by atomic mass is 10.0. The average Bonchev–Trinajstić information content (AvgIpc) is 2.72. The highest BCUT2D eigenvalue weighted by Gasteiger charge is 2.19. The van der Waals surface area contributed by atoms with E-state index in [0.29, 0.717) is 17.3 Å². The number of hydrogen-bond acceptors (Lipinski definition) is 2. The van der Waals surface area contributed by atoms with Gasteiger partial charge in [-0.15, -0.1) is 0 Å². The van der Waals surface area contributed by atoms with Crippen LogP contribution in [0.15, 0.2) is 87.3 Å². The second-order valence-corrected chi connectivity index (χ2v) is 9.14. The molecular formula is C25H22Br2N2O2. The van der Waals surface area contributed by atoms with Crippen molar-refractivity contribution in [2.45, 2.75) is 19.8 Å². The van der Waals surface area contributed by atoms with Gasteiger partial charge in [-0.2, -0.15) is 0 Å². The molecule has 0 bridgehead atoms. The fraction of sp³-hybridized carbons (Fsp3) is 0.120. The number of carbonyl (C=O) groups is 2. The van der Waals surface area contributed by atoms with E-state index in [-0.39, 0.29) is 5.57 Å². The summed E-state index contributed by atoms with van der Waals surface area (Å²) in [6.07, 6.45) is 1.60. The van der Waals surface area contributed by atoms with Gasteiger partial charge in [-0.05, 0) is 59.5 Å². The van der Waals surface area contributed by atoms with Crippen LogP contribution < -0.4 is 10.6 Å². The Labute approximate surface area is 199 Å². The van der Waals surface area contributed by atoms with Crippen molar-refractivity contribution in [2.75, 3.05) is 10.6 Å². The lowest BCUT2D eigenvalue weighted by Gasteiger charge is -2.11. The maximum atomic E-state index is 13.0. The standard InChI is InChI=1S/C25H22Br2N2O2/c1-16(2)18-11-9-17(10-12-18)13-23(24(30)28-21-7-3-5-19(26)14-21)25(31)29-22-8-4-6-20(27)15-22/h3-16H,1-2H3,(H,28,30)(H,29,31). The van der Waals surface area contributed by atoms with Gasteiger partial charge < -0.3 is 10.6 Å². The van der Waals surface area contributed by atoms with E-state index in [2.05, 4.69) is 56.3 Å². The Kier molecular flexibility index (Phi) is 7.82. The second-order valence-electron chi connectivity index (χ2n) is 7.31. The topological polar surface area (TPSA) is 58.2 Å². The first kappa shape index (κ1) is 23.0. The smallest absolute Gasteiger partial charge is 0.261 e.